The number of amides is 2. The maximum atomic E-state index is 13.6. The zero-order valence-electron chi connectivity index (χ0n) is 17.1. The first kappa shape index (κ1) is 21.1. The second-order valence-corrected chi connectivity index (χ2v) is 8.60. The van der Waals surface area contributed by atoms with Crippen LogP contribution >= 0.6 is 11.8 Å². The first-order valence-electron chi connectivity index (χ1n) is 10.1. The van der Waals surface area contributed by atoms with E-state index in [1.54, 1.807) is 23.1 Å². The predicted molar refractivity (Wildman–Crippen MR) is 121 cm³/mol. The summed E-state index contributed by atoms with van der Waals surface area (Å²) in [5.74, 6) is -0.249. The van der Waals surface area contributed by atoms with Crippen molar-refractivity contribution >= 4 is 23.6 Å². The van der Waals surface area contributed by atoms with Crippen LogP contribution in [-0.2, 0) is 11.3 Å². The van der Waals surface area contributed by atoms with Crippen molar-refractivity contribution in [3.8, 4) is 0 Å². The fourth-order valence-corrected chi connectivity index (χ4v) is 5.12. The van der Waals surface area contributed by atoms with Crippen LogP contribution in [0.1, 0.15) is 32.4 Å². The number of nitrogens with zero attached hydrogens (tertiary/aromatic N) is 1. The summed E-state index contributed by atoms with van der Waals surface area (Å²) < 4.78 is 13.5. The molecular weight excluding hydrogens is 411 g/mol. The van der Waals surface area contributed by atoms with E-state index in [2.05, 4.69) is 5.32 Å². The summed E-state index contributed by atoms with van der Waals surface area (Å²) in [7, 11) is 0. The monoisotopic (exact) mass is 434 g/mol. The Balaban J connectivity index is 1.62. The number of rotatable bonds is 5. The van der Waals surface area contributed by atoms with E-state index in [1.807, 2.05) is 55.5 Å². The van der Waals surface area contributed by atoms with Gasteiger partial charge in [0.1, 0.15) is 17.2 Å². The Labute approximate surface area is 185 Å². The van der Waals surface area contributed by atoms with E-state index in [1.165, 1.54) is 23.9 Å². The number of nitrogens with one attached hydrogen (secondary N) is 1. The minimum absolute atomic E-state index is 0.192. The summed E-state index contributed by atoms with van der Waals surface area (Å²) in [4.78, 5) is 28.3. The third-order valence-corrected chi connectivity index (χ3v) is 6.70. The summed E-state index contributed by atoms with van der Waals surface area (Å²) >= 11 is 1.52. The van der Waals surface area contributed by atoms with Gasteiger partial charge in [0, 0.05) is 17.9 Å². The van der Waals surface area contributed by atoms with Gasteiger partial charge >= 0.3 is 0 Å². The molecule has 0 aliphatic carbocycles. The Hall–Kier alpha value is -3.12. The number of carbonyl (C=O) groups excluding carboxylic acids is 2. The molecule has 31 heavy (non-hydrogen) atoms. The lowest BCUT2D eigenvalue weighted by atomic mass is 10.1. The molecule has 158 valence electrons. The second-order valence-electron chi connectivity index (χ2n) is 7.48. The number of hydrogen-bond acceptors (Lipinski definition) is 3. The molecule has 4 nitrogen and oxygen atoms in total. The minimum Gasteiger partial charge on any atom is -0.350 e. The van der Waals surface area contributed by atoms with Crippen molar-refractivity contribution in [3.63, 3.8) is 0 Å². The molecule has 1 saturated heterocycles. The molecule has 1 aliphatic heterocycles. The van der Waals surface area contributed by atoms with Crippen molar-refractivity contribution in [2.75, 3.05) is 5.75 Å². The quantitative estimate of drug-likeness (QED) is 0.633. The first-order chi connectivity index (χ1) is 15.0. The fourth-order valence-electron chi connectivity index (χ4n) is 3.70. The van der Waals surface area contributed by atoms with Crippen molar-refractivity contribution in [1.29, 1.82) is 0 Å². The van der Waals surface area contributed by atoms with Crippen LogP contribution in [0.3, 0.4) is 0 Å². The number of aryl methyl sites for hydroxylation is 1. The van der Waals surface area contributed by atoms with Gasteiger partial charge in [-0.2, -0.15) is 0 Å². The highest BCUT2D eigenvalue weighted by molar-refractivity contribution is 7.99. The summed E-state index contributed by atoms with van der Waals surface area (Å²) in [5, 5.41) is 2.61. The topological polar surface area (TPSA) is 49.4 Å². The highest BCUT2D eigenvalue weighted by Gasteiger charge is 2.42. The molecule has 6 heteroatoms. The molecule has 3 aromatic carbocycles. The van der Waals surface area contributed by atoms with Crippen LogP contribution in [0.4, 0.5) is 4.39 Å². The van der Waals surface area contributed by atoms with Crippen LogP contribution in [0.15, 0.2) is 78.9 Å². The number of thioether (sulfide) groups is 1. The molecule has 2 amide bonds. The van der Waals surface area contributed by atoms with Gasteiger partial charge in [-0.05, 0) is 41.8 Å². The Morgan fingerprint density at radius 1 is 1.00 bits per heavy atom. The number of carbonyl (C=O) groups is 2. The third kappa shape index (κ3) is 4.64. The van der Waals surface area contributed by atoms with Gasteiger partial charge in [0.05, 0.1) is 0 Å². The molecule has 4 rings (SSSR count). The van der Waals surface area contributed by atoms with Crippen molar-refractivity contribution in [1.82, 2.24) is 10.2 Å². The Morgan fingerprint density at radius 2 is 1.68 bits per heavy atom. The van der Waals surface area contributed by atoms with Crippen molar-refractivity contribution in [2.24, 2.45) is 0 Å². The summed E-state index contributed by atoms with van der Waals surface area (Å²) in [6, 6.07) is 22.5. The Kier molecular flexibility index (Phi) is 6.37. The number of hydrogen-bond donors (Lipinski definition) is 1. The SMILES string of the molecule is Cc1ccccc1C(=O)N1C(C(=O)NCc2ccccc2)CSC1c1ccc(F)cc1. The van der Waals surface area contributed by atoms with Crippen molar-refractivity contribution in [3.05, 3.63) is 107 Å². The van der Waals surface area contributed by atoms with Crippen LogP contribution in [0.25, 0.3) is 0 Å². The average molecular weight is 435 g/mol. The number of benzene rings is 3. The van der Waals surface area contributed by atoms with E-state index in [4.69, 9.17) is 0 Å². The fraction of sp³-hybridized carbons (Fsp3) is 0.200. The van der Waals surface area contributed by atoms with E-state index in [-0.39, 0.29) is 23.0 Å². The highest BCUT2D eigenvalue weighted by Crippen LogP contribution is 2.42. The lowest BCUT2D eigenvalue weighted by Crippen LogP contribution is -2.48. The maximum absolute atomic E-state index is 13.6. The highest BCUT2D eigenvalue weighted by atomic mass is 32.2. The molecule has 0 radical (unpaired) electrons. The molecule has 3 aromatic rings. The molecule has 1 heterocycles. The molecule has 0 aromatic heterocycles. The smallest absolute Gasteiger partial charge is 0.256 e. The van der Waals surface area contributed by atoms with Crippen LogP contribution in [0.5, 0.6) is 0 Å². The first-order valence-corrected chi connectivity index (χ1v) is 11.2. The number of halogens is 1. The molecule has 2 unspecified atom stereocenters. The van der Waals surface area contributed by atoms with E-state index < -0.39 is 6.04 Å². The minimum atomic E-state index is -0.615. The molecule has 1 N–H and O–H groups in total. The third-order valence-electron chi connectivity index (χ3n) is 5.38. The van der Waals surface area contributed by atoms with E-state index in [0.29, 0.717) is 17.9 Å². The molecule has 0 bridgehead atoms. The lowest BCUT2D eigenvalue weighted by molar-refractivity contribution is -0.125. The molecule has 0 spiro atoms. The standard InChI is InChI=1S/C25H23FN2O2S/c1-17-7-5-6-10-21(17)24(30)28-22(23(29)27-15-18-8-3-2-4-9-18)16-31-25(28)19-11-13-20(26)14-12-19/h2-14,22,25H,15-16H2,1H3,(H,27,29). The zero-order chi connectivity index (χ0) is 21.8. The van der Waals surface area contributed by atoms with Crippen LogP contribution in [0.2, 0.25) is 0 Å². The van der Waals surface area contributed by atoms with Crippen molar-refractivity contribution < 1.29 is 14.0 Å². The van der Waals surface area contributed by atoms with E-state index in [9.17, 15) is 14.0 Å². The molecule has 2 atom stereocenters. The normalized spacial score (nSPS) is 18.1. The molecule has 1 aliphatic rings. The van der Waals surface area contributed by atoms with Gasteiger partial charge in [0.15, 0.2) is 0 Å². The van der Waals surface area contributed by atoms with Gasteiger partial charge in [0.25, 0.3) is 5.91 Å². The zero-order valence-corrected chi connectivity index (χ0v) is 17.9. The molecule has 1 fully saturated rings. The Morgan fingerprint density at radius 3 is 2.39 bits per heavy atom. The van der Waals surface area contributed by atoms with Crippen LogP contribution < -0.4 is 5.32 Å². The van der Waals surface area contributed by atoms with Crippen LogP contribution in [0, 0.1) is 12.7 Å². The average Bonchev–Trinajstić information content (AvgIpc) is 3.24. The summed E-state index contributed by atoms with van der Waals surface area (Å²) in [6.45, 7) is 2.28. The maximum Gasteiger partial charge on any atom is 0.256 e. The van der Waals surface area contributed by atoms with Gasteiger partial charge in [-0.25, -0.2) is 4.39 Å². The van der Waals surface area contributed by atoms with Gasteiger partial charge in [-0.1, -0.05) is 60.7 Å². The molecule has 0 saturated carbocycles. The van der Waals surface area contributed by atoms with Crippen molar-refractivity contribution in [2.45, 2.75) is 24.9 Å². The van der Waals surface area contributed by atoms with Gasteiger partial charge in [-0.3, -0.25) is 9.59 Å². The van der Waals surface area contributed by atoms with E-state index in [0.717, 1.165) is 16.7 Å². The van der Waals surface area contributed by atoms with Crippen LogP contribution in [-0.4, -0.2) is 28.5 Å². The molecular formula is C25H23FN2O2S. The largest absolute Gasteiger partial charge is 0.350 e. The second kappa shape index (κ2) is 9.35. The summed E-state index contributed by atoms with van der Waals surface area (Å²) in [6.07, 6.45) is 0. The van der Waals surface area contributed by atoms with Gasteiger partial charge in [-0.15, -0.1) is 11.8 Å². The van der Waals surface area contributed by atoms with Gasteiger partial charge < -0.3 is 10.2 Å². The van der Waals surface area contributed by atoms with Gasteiger partial charge in [0.2, 0.25) is 5.91 Å². The summed E-state index contributed by atoms with van der Waals surface area (Å²) in [5.41, 5.74) is 3.21. The van der Waals surface area contributed by atoms with E-state index >= 15 is 0 Å². The predicted octanol–water partition coefficient (Wildman–Crippen LogP) is 4.71. The lowest BCUT2D eigenvalue weighted by Gasteiger charge is -2.29. The Bertz CT molecular complexity index is 1070.